The van der Waals surface area contributed by atoms with Gasteiger partial charge in [-0.15, -0.1) is 0 Å². The average molecular weight is 410 g/mol. The number of nitro groups is 1. The molecule has 0 radical (unpaired) electrons. The van der Waals surface area contributed by atoms with Crippen molar-refractivity contribution < 1.29 is 14.1 Å². The monoisotopic (exact) mass is 410 g/mol. The Hall–Kier alpha value is -3.16. The Morgan fingerprint density at radius 1 is 1.10 bits per heavy atom. The zero-order valence-corrected chi connectivity index (χ0v) is 17.1. The molecule has 0 atom stereocenters. The van der Waals surface area contributed by atoms with E-state index in [2.05, 4.69) is 10.5 Å². The summed E-state index contributed by atoms with van der Waals surface area (Å²) in [6, 6.07) is 6.14. The van der Waals surface area contributed by atoms with Gasteiger partial charge in [0, 0.05) is 42.8 Å². The molecule has 4 rings (SSSR count). The zero-order chi connectivity index (χ0) is 21.1. The van der Waals surface area contributed by atoms with Crippen molar-refractivity contribution in [3.63, 3.8) is 0 Å². The van der Waals surface area contributed by atoms with Crippen LogP contribution in [0.25, 0.3) is 0 Å². The van der Waals surface area contributed by atoms with Crippen LogP contribution in [0.3, 0.4) is 0 Å². The van der Waals surface area contributed by atoms with Crippen molar-refractivity contribution >= 4 is 23.0 Å². The maximum Gasteiger partial charge on any atom is 0.289 e. The Morgan fingerprint density at radius 2 is 1.80 bits per heavy atom. The maximum atomic E-state index is 13.1. The van der Waals surface area contributed by atoms with E-state index in [1.54, 1.807) is 12.1 Å². The zero-order valence-electron chi connectivity index (χ0n) is 17.1. The first-order valence-corrected chi connectivity index (χ1v) is 10.5. The predicted molar refractivity (Wildman–Crippen MR) is 114 cm³/mol. The van der Waals surface area contributed by atoms with Crippen molar-refractivity contribution in [1.82, 2.24) is 4.90 Å². The van der Waals surface area contributed by atoms with Crippen LogP contribution >= 0.6 is 0 Å². The molecule has 8 heteroatoms. The van der Waals surface area contributed by atoms with Gasteiger partial charge in [0.15, 0.2) is 5.76 Å². The molecule has 0 spiro atoms. The van der Waals surface area contributed by atoms with Gasteiger partial charge in [0.05, 0.1) is 16.3 Å². The highest BCUT2D eigenvalue weighted by Gasteiger charge is 2.30. The van der Waals surface area contributed by atoms with E-state index in [0.29, 0.717) is 11.4 Å². The summed E-state index contributed by atoms with van der Waals surface area (Å²) in [6.45, 7) is 3.50. The van der Waals surface area contributed by atoms with Gasteiger partial charge in [-0.1, -0.05) is 12.8 Å². The standard InChI is InChI=1S/C22H26N4O4/c1-15-20-18(24-23-16-9-11-17(12-10-16)26(28)29)7-6-8-19(20)30-21(15)22(27)25-13-4-2-3-5-14-25/h9-12,23H,2-8,13-14H2,1H3/b24-18+. The summed E-state index contributed by atoms with van der Waals surface area (Å²) in [5.41, 5.74) is 6.32. The second kappa shape index (κ2) is 8.69. The van der Waals surface area contributed by atoms with Gasteiger partial charge in [0.1, 0.15) is 5.76 Å². The molecule has 0 unspecified atom stereocenters. The number of likely N-dealkylation sites (tertiary alicyclic amines) is 1. The molecule has 1 aliphatic carbocycles. The molecule has 8 nitrogen and oxygen atoms in total. The number of anilines is 1. The van der Waals surface area contributed by atoms with Crippen LogP contribution in [0.5, 0.6) is 0 Å². The number of nitrogens with one attached hydrogen (secondary N) is 1. The molecular weight excluding hydrogens is 384 g/mol. The lowest BCUT2D eigenvalue weighted by molar-refractivity contribution is -0.384. The summed E-state index contributed by atoms with van der Waals surface area (Å²) in [5.74, 6) is 1.24. The van der Waals surface area contributed by atoms with Gasteiger partial charge in [0.25, 0.3) is 11.6 Å². The number of fused-ring (bicyclic) bond motifs is 1. The van der Waals surface area contributed by atoms with Gasteiger partial charge < -0.3 is 9.32 Å². The second-order valence-corrected chi connectivity index (χ2v) is 7.89. The first-order chi connectivity index (χ1) is 14.5. The van der Waals surface area contributed by atoms with Crippen LogP contribution in [-0.2, 0) is 6.42 Å². The summed E-state index contributed by atoms with van der Waals surface area (Å²) < 4.78 is 6.04. The molecule has 0 saturated carbocycles. The van der Waals surface area contributed by atoms with Crippen molar-refractivity contribution in [3.8, 4) is 0 Å². The van der Waals surface area contributed by atoms with Crippen LogP contribution in [0.1, 0.15) is 66.0 Å². The van der Waals surface area contributed by atoms with Crippen molar-refractivity contribution in [1.29, 1.82) is 0 Å². The third kappa shape index (κ3) is 4.08. The Kier molecular flexibility index (Phi) is 5.83. The maximum absolute atomic E-state index is 13.1. The van der Waals surface area contributed by atoms with Crippen molar-refractivity contribution in [2.45, 2.75) is 51.9 Å². The summed E-state index contributed by atoms with van der Waals surface area (Å²) in [7, 11) is 0. The van der Waals surface area contributed by atoms with E-state index in [-0.39, 0.29) is 11.6 Å². The van der Waals surface area contributed by atoms with Crippen LogP contribution < -0.4 is 5.43 Å². The quantitative estimate of drug-likeness (QED) is 0.583. The fourth-order valence-corrected chi connectivity index (χ4v) is 4.19. The molecule has 1 N–H and O–H groups in total. The highest BCUT2D eigenvalue weighted by molar-refractivity contribution is 6.06. The summed E-state index contributed by atoms with van der Waals surface area (Å²) in [5, 5.41) is 15.3. The Bertz CT molecular complexity index is 970. The number of hydrogen-bond acceptors (Lipinski definition) is 6. The lowest BCUT2D eigenvalue weighted by atomic mass is 9.93. The van der Waals surface area contributed by atoms with Crippen molar-refractivity contribution in [2.75, 3.05) is 18.5 Å². The number of nitro benzene ring substituents is 1. The van der Waals surface area contributed by atoms with Gasteiger partial charge in [0.2, 0.25) is 0 Å². The third-order valence-electron chi connectivity index (χ3n) is 5.81. The van der Waals surface area contributed by atoms with Gasteiger partial charge >= 0.3 is 0 Å². The fourth-order valence-electron chi connectivity index (χ4n) is 4.19. The molecule has 1 aromatic carbocycles. The van der Waals surface area contributed by atoms with Crippen molar-refractivity contribution in [2.24, 2.45) is 5.10 Å². The molecule has 1 aliphatic heterocycles. The molecule has 2 aromatic rings. The van der Waals surface area contributed by atoms with Gasteiger partial charge in [-0.2, -0.15) is 5.10 Å². The molecule has 158 valence electrons. The summed E-state index contributed by atoms with van der Waals surface area (Å²) >= 11 is 0. The number of hydrogen-bond donors (Lipinski definition) is 1. The number of amides is 1. The number of nitrogens with zero attached hydrogens (tertiary/aromatic N) is 3. The van der Waals surface area contributed by atoms with E-state index in [1.165, 1.54) is 25.0 Å². The minimum Gasteiger partial charge on any atom is -0.455 e. The highest BCUT2D eigenvalue weighted by atomic mass is 16.6. The van der Waals surface area contributed by atoms with Crippen LogP contribution in [-0.4, -0.2) is 34.5 Å². The molecule has 0 bridgehead atoms. The molecule has 2 aliphatic rings. The van der Waals surface area contributed by atoms with E-state index < -0.39 is 4.92 Å². The Balaban J connectivity index is 1.56. The lowest BCUT2D eigenvalue weighted by Crippen LogP contribution is -2.32. The second-order valence-electron chi connectivity index (χ2n) is 7.89. The molecule has 1 aromatic heterocycles. The van der Waals surface area contributed by atoms with Crippen molar-refractivity contribution in [3.05, 3.63) is 57.0 Å². The largest absolute Gasteiger partial charge is 0.455 e. The number of rotatable bonds is 4. The normalized spacial score (nSPS) is 18.0. The molecule has 30 heavy (non-hydrogen) atoms. The van der Waals surface area contributed by atoms with Crippen LogP contribution in [0.4, 0.5) is 11.4 Å². The first kappa shape index (κ1) is 20.1. The molecule has 2 heterocycles. The van der Waals surface area contributed by atoms with Gasteiger partial charge in [-0.3, -0.25) is 20.3 Å². The third-order valence-corrected chi connectivity index (χ3v) is 5.81. The number of hydrazone groups is 1. The molecule has 1 amide bonds. The Labute approximate surface area is 175 Å². The molecule has 1 saturated heterocycles. The number of carbonyl (C=O) groups is 1. The number of aryl methyl sites for hydroxylation is 1. The van der Waals surface area contributed by atoms with E-state index >= 15 is 0 Å². The predicted octanol–water partition coefficient (Wildman–Crippen LogP) is 4.66. The fraction of sp³-hybridized carbons (Fsp3) is 0.455. The van der Waals surface area contributed by atoms with Gasteiger partial charge in [-0.05, 0) is 44.7 Å². The number of furan rings is 1. The van der Waals surface area contributed by atoms with E-state index in [4.69, 9.17) is 4.42 Å². The van der Waals surface area contributed by atoms with E-state index in [1.807, 2.05) is 11.8 Å². The topological polar surface area (TPSA) is 101 Å². The first-order valence-electron chi connectivity index (χ1n) is 10.5. The number of carbonyl (C=O) groups excluding carboxylic acids is 1. The lowest BCUT2D eigenvalue weighted by Gasteiger charge is -2.19. The summed E-state index contributed by atoms with van der Waals surface area (Å²) in [4.78, 5) is 25.4. The minimum absolute atomic E-state index is 0.0218. The van der Waals surface area contributed by atoms with Crippen LogP contribution in [0, 0.1) is 17.0 Å². The van der Waals surface area contributed by atoms with E-state index in [0.717, 1.165) is 67.8 Å². The smallest absolute Gasteiger partial charge is 0.289 e. The SMILES string of the molecule is Cc1c(C(=O)N2CCCCCC2)oc2c1/C(=N/Nc1ccc([N+](=O)[O-])cc1)CCC2. The highest BCUT2D eigenvalue weighted by Crippen LogP contribution is 2.31. The number of benzene rings is 1. The van der Waals surface area contributed by atoms with Crippen LogP contribution in [0.15, 0.2) is 33.8 Å². The summed E-state index contributed by atoms with van der Waals surface area (Å²) in [6.07, 6.45) is 6.89. The Morgan fingerprint density at radius 3 is 2.47 bits per heavy atom. The number of non-ortho nitro benzene ring substituents is 1. The molecular formula is C22H26N4O4. The minimum atomic E-state index is -0.430. The van der Waals surface area contributed by atoms with Crippen LogP contribution in [0.2, 0.25) is 0 Å². The van der Waals surface area contributed by atoms with E-state index in [9.17, 15) is 14.9 Å². The molecule has 1 fully saturated rings. The van der Waals surface area contributed by atoms with Gasteiger partial charge in [-0.25, -0.2) is 0 Å². The average Bonchev–Trinajstić information content (AvgIpc) is 2.93.